The van der Waals surface area contributed by atoms with Gasteiger partial charge in [0, 0.05) is 11.1 Å². The third kappa shape index (κ3) is 5.30. The molecule has 1 amide bonds. The van der Waals surface area contributed by atoms with Crippen LogP contribution in [0.15, 0.2) is 90.0 Å². The maximum absolute atomic E-state index is 12.7. The smallest absolute Gasteiger partial charge is 0.343 e. The number of nitrogens with one attached hydrogen (secondary N) is 1. The normalized spacial score (nSPS) is 10.9. The molecule has 4 rings (SSSR count). The Morgan fingerprint density at radius 1 is 0.912 bits per heavy atom. The van der Waals surface area contributed by atoms with Crippen LogP contribution in [0.2, 0.25) is 0 Å². The number of carbonyl (C=O) groups excluding carboxylic acids is 2. The number of nitrogens with zero attached hydrogens (tertiary/aromatic N) is 1. The van der Waals surface area contributed by atoms with E-state index in [9.17, 15) is 9.59 Å². The molecule has 0 saturated carbocycles. The molecular formula is C28H24N2O4. The van der Waals surface area contributed by atoms with Crippen molar-refractivity contribution in [3.05, 3.63) is 107 Å². The molecule has 0 aromatic heterocycles. The Morgan fingerprint density at radius 3 is 2.47 bits per heavy atom. The first-order valence-electron chi connectivity index (χ1n) is 10.9. The van der Waals surface area contributed by atoms with Gasteiger partial charge >= 0.3 is 5.97 Å². The summed E-state index contributed by atoms with van der Waals surface area (Å²) in [6, 6.07) is 25.3. The molecule has 0 unspecified atom stereocenters. The number of ether oxygens (including phenoxy) is 2. The van der Waals surface area contributed by atoms with E-state index in [2.05, 4.69) is 10.5 Å². The SMILES string of the molecule is CCOc1ccc(C(=O)N/N=C/c2c(OC(=O)c3cccc(C)c3)ccc3ccccc23)cc1. The van der Waals surface area contributed by atoms with Gasteiger partial charge in [-0.05, 0) is 67.1 Å². The van der Waals surface area contributed by atoms with Crippen molar-refractivity contribution < 1.29 is 19.1 Å². The number of aryl methyl sites for hydroxylation is 1. The Hall–Kier alpha value is -4.45. The average Bonchev–Trinajstić information content (AvgIpc) is 2.85. The summed E-state index contributed by atoms with van der Waals surface area (Å²) >= 11 is 0. The molecule has 4 aromatic rings. The lowest BCUT2D eigenvalue weighted by Gasteiger charge is -2.11. The van der Waals surface area contributed by atoms with E-state index in [1.54, 1.807) is 42.5 Å². The number of fused-ring (bicyclic) bond motifs is 1. The van der Waals surface area contributed by atoms with Crippen LogP contribution in [0.1, 0.15) is 38.8 Å². The first kappa shape index (κ1) is 22.7. The Balaban J connectivity index is 1.58. The molecule has 1 N–H and O–H groups in total. The summed E-state index contributed by atoms with van der Waals surface area (Å²) in [5, 5.41) is 5.93. The van der Waals surface area contributed by atoms with Crippen molar-refractivity contribution in [2.24, 2.45) is 5.10 Å². The minimum absolute atomic E-state index is 0.351. The number of esters is 1. The van der Waals surface area contributed by atoms with Gasteiger partial charge in [-0.3, -0.25) is 4.79 Å². The molecule has 0 saturated heterocycles. The molecule has 0 atom stereocenters. The van der Waals surface area contributed by atoms with Gasteiger partial charge in [-0.1, -0.05) is 48.0 Å². The predicted octanol–water partition coefficient (Wildman–Crippen LogP) is 5.53. The van der Waals surface area contributed by atoms with E-state index in [1.165, 1.54) is 6.21 Å². The zero-order valence-electron chi connectivity index (χ0n) is 18.9. The highest BCUT2D eigenvalue weighted by molar-refractivity contribution is 6.04. The number of hydrogen-bond acceptors (Lipinski definition) is 5. The third-order valence-corrected chi connectivity index (χ3v) is 5.17. The van der Waals surface area contributed by atoms with E-state index in [0.717, 1.165) is 16.3 Å². The Kier molecular flexibility index (Phi) is 6.98. The fourth-order valence-electron chi connectivity index (χ4n) is 3.52. The van der Waals surface area contributed by atoms with Crippen LogP contribution in [0, 0.1) is 6.92 Å². The van der Waals surface area contributed by atoms with Crippen molar-refractivity contribution in [1.29, 1.82) is 0 Å². The number of amides is 1. The van der Waals surface area contributed by atoms with Crippen LogP contribution >= 0.6 is 0 Å². The maximum atomic E-state index is 12.7. The van der Waals surface area contributed by atoms with E-state index in [1.807, 2.05) is 56.3 Å². The van der Waals surface area contributed by atoms with Gasteiger partial charge in [0.15, 0.2) is 0 Å². The first-order valence-corrected chi connectivity index (χ1v) is 10.9. The number of hydrazone groups is 1. The third-order valence-electron chi connectivity index (χ3n) is 5.17. The van der Waals surface area contributed by atoms with Crippen LogP contribution in [-0.4, -0.2) is 24.7 Å². The van der Waals surface area contributed by atoms with Crippen molar-refractivity contribution in [3.63, 3.8) is 0 Å². The van der Waals surface area contributed by atoms with Crippen molar-refractivity contribution >= 4 is 28.9 Å². The quantitative estimate of drug-likeness (QED) is 0.173. The summed E-state index contributed by atoms with van der Waals surface area (Å²) in [4.78, 5) is 25.2. The van der Waals surface area contributed by atoms with Gasteiger partial charge in [-0.25, -0.2) is 10.2 Å². The van der Waals surface area contributed by atoms with Crippen LogP contribution in [0.3, 0.4) is 0 Å². The van der Waals surface area contributed by atoms with Gasteiger partial charge < -0.3 is 9.47 Å². The number of benzene rings is 4. The molecule has 0 aliphatic heterocycles. The minimum atomic E-state index is -0.466. The fourth-order valence-corrected chi connectivity index (χ4v) is 3.52. The second-order valence-electron chi connectivity index (χ2n) is 7.61. The molecule has 6 heteroatoms. The number of carbonyl (C=O) groups is 2. The number of rotatable bonds is 7. The molecule has 0 bridgehead atoms. The van der Waals surface area contributed by atoms with E-state index < -0.39 is 5.97 Å². The van der Waals surface area contributed by atoms with Gasteiger partial charge in [0.05, 0.1) is 18.4 Å². The summed E-state index contributed by atoms with van der Waals surface area (Å²) in [6.07, 6.45) is 1.49. The van der Waals surface area contributed by atoms with Gasteiger partial charge in [0.2, 0.25) is 0 Å². The molecule has 0 heterocycles. The molecule has 6 nitrogen and oxygen atoms in total. The van der Waals surface area contributed by atoms with Crippen molar-refractivity contribution in [1.82, 2.24) is 5.43 Å². The monoisotopic (exact) mass is 452 g/mol. The first-order chi connectivity index (χ1) is 16.5. The standard InChI is InChI=1S/C28H24N2O4/c1-3-33-23-14-11-21(12-15-23)27(31)30-29-18-25-24-10-5-4-8-20(24)13-16-26(25)34-28(32)22-9-6-7-19(2)17-22/h4-18H,3H2,1-2H3,(H,30,31)/b29-18+. The zero-order chi connectivity index (χ0) is 23.9. The lowest BCUT2D eigenvalue weighted by Crippen LogP contribution is -2.17. The van der Waals surface area contributed by atoms with Crippen molar-refractivity contribution in [2.75, 3.05) is 6.61 Å². The lowest BCUT2D eigenvalue weighted by atomic mass is 10.0. The molecule has 0 fully saturated rings. The summed E-state index contributed by atoms with van der Waals surface area (Å²) in [5.41, 5.74) is 4.99. The zero-order valence-corrected chi connectivity index (χ0v) is 18.9. The topological polar surface area (TPSA) is 77.0 Å². The van der Waals surface area contributed by atoms with E-state index in [4.69, 9.17) is 9.47 Å². The van der Waals surface area contributed by atoms with Crippen molar-refractivity contribution in [3.8, 4) is 11.5 Å². The summed E-state index contributed by atoms with van der Waals surface area (Å²) in [7, 11) is 0. The molecule has 170 valence electrons. The highest BCUT2D eigenvalue weighted by atomic mass is 16.5. The van der Waals surface area contributed by atoms with Gasteiger partial charge in [0.25, 0.3) is 5.91 Å². The average molecular weight is 453 g/mol. The summed E-state index contributed by atoms with van der Waals surface area (Å²) in [5.74, 6) is 0.215. The summed E-state index contributed by atoms with van der Waals surface area (Å²) < 4.78 is 11.1. The summed E-state index contributed by atoms with van der Waals surface area (Å²) in [6.45, 7) is 4.37. The van der Waals surface area contributed by atoms with Crippen LogP contribution in [0.4, 0.5) is 0 Å². The largest absolute Gasteiger partial charge is 0.494 e. The highest BCUT2D eigenvalue weighted by Crippen LogP contribution is 2.27. The Morgan fingerprint density at radius 2 is 1.71 bits per heavy atom. The molecule has 0 radical (unpaired) electrons. The molecule has 0 aliphatic carbocycles. The molecule has 34 heavy (non-hydrogen) atoms. The molecular weight excluding hydrogens is 428 g/mol. The van der Waals surface area contributed by atoms with Crippen molar-refractivity contribution in [2.45, 2.75) is 13.8 Å². The Bertz CT molecular complexity index is 1360. The van der Waals surface area contributed by atoms with E-state index >= 15 is 0 Å². The maximum Gasteiger partial charge on any atom is 0.343 e. The highest BCUT2D eigenvalue weighted by Gasteiger charge is 2.14. The second kappa shape index (κ2) is 10.4. The number of hydrogen-bond donors (Lipinski definition) is 1. The van der Waals surface area contributed by atoms with Crippen LogP contribution in [0.25, 0.3) is 10.8 Å². The van der Waals surface area contributed by atoms with Crippen LogP contribution in [-0.2, 0) is 0 Å². The van der Waals surface area contributed by atoms with Crippen LogP contribution in [0.5, 0.6) is 11.5 Å². The van der Waals surface area contributed by atoms with Gasteiger partial charge in [0.1, 0.15) is 11.5 Å². The van der Waals surface area contributed by atoms with Gasteiger partial charge in [-0.15, -0.1) is 0 Å². The Labute approximate surface area is 197 Å². The predicted molar refractivity (Wildman–Crippen MR) is 133 cm³/mol. The fraction of sp³-hybridized carbons (Fsp3) is 0.107. The van der Waals surface area contributed by atoms with E-state index in [0.29, 0.717) is 34.8 Å². The molecule has 0 spiro atoms. The second-order valence-corrected chi connectivity index (χ2v) is 7.61. The molecule has 4 aromatic carbocycles. The minimum Gasteiger partial charge on any atom is -0.494 e. The van der Waals surface area contributed by atoms with Crippen LogP contribution < -0.4 is 14.9 Å². The van der Waals surface area contributed by atoms with E-state index in [-0.39, 0.29) is 5.91 Å². The molecule has 0 aliphatic rings. The lowest BCUT2D eigenvalue weighted by molar-refractivity contribution is 0.0734. The van der Waals surface area contributed by atoms with Gasteiger partial charge in [-0.2, -0.15) is 5.10 Å².